The molecule has 2 aromatic rings. The highest BCUT2D eigenvalue weighted by Gasteiger charge is 2.10. The summed E-state index contributed by atoms with van der Waals surface area (Å²) in [5.74, 6) is 1.15. The third-order valence-electron chi connectivity index (χ3n) is 2.43. The van der Waals surface area contributed by atoms with Crippen molar-refractivity contribution in [2.75, 3.05) is 6.61 Å². The topological polar surface area (TPSA) is 65.0 Å². The molecule has 0 fully saturated rings. The van der Waals surface area contributed by atoms with Crippen LogP contribution in [0.1, 0.15) is 17.3 Å². The summed E-state index contributed by atoms with van der Waals surface area (Å²) in [4.78, 5) is 20.1. The summed E-state index contributed by atoms with van der Waals surface area (Å²) < 4.78 is 5.01. The van der Waals surface area contributed by atoms with Crippen LogP contribution in [0.5, 0.6) is 17.2 Å². The molecule has 104 valence electrons. The van der Waals surface area contributed by atoms with Crippen LogP contribution in [0.15, 0.2) is 48.5 Å². The minimum atomic E-state index is -1.03. The summed E-state index contributed by atoms with van der Waals surface area (Å²) in [5, 5.41) is 8.73. The van der Waals surface area contributed by atoms with Gasteiger partial charge in [0.05, 0.1) is 6.61 Å². The number of hydrogen-bond acceptors (Lipinski definition) is 4. The van der Waals surface area contributed by atoms with E-state index in [9.17, 15) is 4.79 Å². The second kappa shape index (κ2) is 6.58. The summed E-state index contributed by atoms with van der Waals surface area (Å²) >= 11 is 0. The standard InChI is InChI=1S/C9H10O4.C6H4O/c1-2-12-13-8-6-4-3-5-7(8)9(10)11;1-2-5-4-6(3-1)7-5/h3-6H,2H2,1H3,(H,10,11);1-4H. The van der Waals surface area contributed by atoms with E-state index in [0.717, 1.165) is 11.5 Å². The molecule has 2 bridgehead atoms. The van der Waals surface area contributed by atoms with Crippen LogP contribution >= 0.6 is 0 Å². The molecule has 2 aliphatic heterocycles. The second-order valence-corrected chi connectivity index (χ2v) is 3.87. The number of carboxylic acid groups (broad SMARTS) is 1. The van der Waals surface area contributed by atoms with Gasteiger partial charge in [-0.2, -0.15) is 4.89 Å². The number of ether oxygens (including phenoxy) is 1. The molecule has 0 amide bonds. The summed E-state index contributed by atoms with van der Waals surface area (Å²) in [5.41, 5.74) is 0.0935. The number of rotatable bonds is 4. The smallest absolute Gasteiger partial charge is 0.339 e. The zero-order chi connectivity index (χ0) is 14.4. The summed E-state index contributed by atoms with van der Waals surface area (Å²) in [7, 11) is 0. The molecular weight excluding hydrogens is 260 g/mol. The van der Waals surface area contributed by atoms with E-state index in [4.69, 9.17) is 14.7 Å². The van der Waals surface area contributed by atoms with E-state index in [-0.39, 0.29) is 11.3 Å². The van der Waals surface area contributed by atoms with Gasteiger partial charge in [0, 0.05) is 6.07 Å². The molecule has 0 saturated heterocycles. The van der Waals surface area contributed by atoms with Crippen molar-refractivity contribution in [2.24, 2.45) is 0 Å². The molecule has 0 aromatic heterocycles. The predicted molar refractivity (Wildman–Crippen MR) is 72.2 cm³/mol. The first-order valence-corrected chi connectivity index (χ1v) is 6.10. The van der Waals surface area contributed by atoms with Crippen molar-refractivity contribution >= 4 is 5.97 Å². The zero-order valence-corrected chi connectivity index (χ0v) is 10.9. The van der Waals surface area contributed by atoms with Crippen LogP contribution < -0.4 is 9.62 Å². The van der Waals surface area contributed by atoms with E-state index >= 15 is 0 Å². The van der Waals surface area contributed by atoms with Gasteiger partial charge in [0.15, 0.2) is 5.75 Å². The third-order valence-corrected chi connectivity index (χ3v) is 2.43. The molecule has 0 atom stereocenters. The third kappa shape index (κ3) is 3.49. The number of aromatic carboxylic acids is 1. The molecule has 1 N–H and O–H groups in total. The maximum Gasteiger partial charge on any atom is 0.339 e. The SMILES string of the molecule is CCOOc1ccccc1C(=O)O.c1cc2cc(c1)O2. The van der Waals surface area contributed by atoms with Crippen LogP contribution in [0.3, 0.4) is 0 Å². The van der Waals surface area contributed by atoms with Gasteiger partial charge in [-0.3, -0.25) is 0 Å². The molecule has 5 heteroatoms. The van der Waals surface area contributed by atoms with Gasteiger partial charge in [-0.1, -0.05) is 18.2 Å². The maximum atomic E-state index is 10.6. The lowest BCUT2D eigenvalue weighted by molar-refractivity contribution is -0.202. The second-order valence-electron chi connectivity index (χ2n) is 3.87. The summed E-state index contributed by atoms with van der Waals surface area (Å²) in [6, 6.07) is 14.2. The highest BCUT2D eigenvalue weighted by atomic mass is 17.2. The van der Waals surface area contributed by atoms with Crippen LogP contribution in [-0.2, 0) is 4.89 Å². The molecule has 20 heavy (non-hydrogen) atoms. The minimum Gasteiger partial charge on any atom is -0.478 e. The van der Waals surface area contributed by atoms with E-state index in [1.165, 1.54) is 6.07 Å². The Balaban J connectivity index is 0.000000173. The normalized spacial score (nSPS) is 10.4. The first-order chi connectivity index (χ1) is 9.70. The lowest BCUT2D eigenvalue weighted by Gasteiger charge is -2.13. The van der Waals surface area contributed by atoms with E-state index < -0.39 is 5.97 Å². The first kappa shape index (κ1) is 13.9. The predicted octanol–water partition coefficient (Wildman–Crippen LogP) is 3.51. The van der Waals surface area contributed by atoms with Crippen LogP contribution in [0.4, 0.5) is 0 Å². The van der Waals surface area contributed by atoms with Crippen molar-refractivity contribution in [1.82, 2.24) is 0 Å². The molecule has 0 unspecified atom stereocenters. The Bertz CT molecular complexity index is 570. The average molecular weight is 274 g/mol. The van der Waals surface area contributed by atoms with Crippen molar-refractivity contribution in [2.45, 2.75) is 6.92 Å². The molecule has 2 aromatic carbocycles. The van der Waals surface area contributed by atoms with Crippen molar-refractivity contribution in [3.63, 3.8) is 0 Å². The Kier molecular flexibility index (Phi) is 4.57. The molecule has 0 radical (unpaired) electrons. The Morgan fingerprint density at radius 3 is 2.25 bits per heavy atom. The quantitative estimate of drug-likeness (QED) is 0.582. The molecule has 0 aliphatic carbocycles. The van der Waals surface area contributed by atoms with Gasteiger partial charge < -0.3 is 14.7 Å². The fourth-order valence-corrected chi connectivity index (χ4v) is 1.52. The van der Waals surface area contributed by atoms with Crippen molar-refractivity contribution in [3.05, 3.63) is 54.1 Å². The lowest BCUT2D eigenvalue weighted by Crippen LogP contribution is -2.03. The Hall–Kier alpha value is -2.53. The number of benzene rings is 2. The van der Waals surface area contributed by atoms with Gasteiger partial charge in [0.2, 0.25) is 0 Å². The van der Waals surface area contributed by atoms with Crippen LogP contribution in [-0.4, -0.2) is 17.7 Å². The van der Waals surface area contributed by atoms with Crippen LogP contribution in [0.25, 0.3) is 0 Å². The number of hydrogen-bond donors (Lipinski definition) is 1. The highest BCUT2D eigenvalue weighted by Crippen LogP contribution is 2.32. The fraction of sp³-hybridized carbons (Fsp3) is 0.133. The zero-order valence-electron chi connectivity index (χ0n) is 10.9. The van der Waals surface area contributed by atoms with Crippen molar-refractivity contribution < 1.29 is 24.4 Å². The van der Waals surface area contributed by atoms with Crippen molar-refractivity contribution in [1.29, 1.82) is 0 Å². The average Bonchev–Trinajstić information content (AvgIpc) is 2.46. The van der Waals surface area contributed by atoms with Gasteiger partial charge in [-0.05, 0) is 31.2 Å². The molecular formula is C15H14O5. The monoisotopic (exact) mass is 274 g/mol. The van der Waals surface area contributed by atoms with Crippen LogP contribution in [0.2, 0.25) is 0 Å². The minimum absolute atomic E-state index is 0.0935. The highest BCUT2D eigenvalue weighted by molar-refractivity contribution is 5.90. The molecule has 0 saturated carbocycles. The van der Waals surface area contributed by atoms with Gasteiger partial charge in [-0.25, -0.2) is 4.79 Å². The van der Waals surface area contributed by atoms with E-state index in [1.54, 1.807) is 25.1 Å². The van der Waals surface area contributed by atoms with E-state index in [1.807, 2.05) is 24.3 Å². The number of para-hydroxylation sites is 1. The van der Waals surface area contributed by atoms with Gasteiger partial charge >= 0.3 is 5.97 Å². The molecule has 2 aliphatic rings. The molecule has 4 rings (SSSR count). The molecule has 2 heterocycles. The van der Waals surface area contributed by atoms with Crippen molar-refractivity contribution in [3.8, 4) is 17.2 Å². The molecule has 0 spiro atoms. The Morgan fingerprint density at radius 1 is 1.15 bits per heavy atom. The maximum absolute atomic E-state index is 10.6. The number of carboxylic acids is 1. The van der Waals surface area contributed by atoms with E-state index in [0.29, 0.717) is 6.61 Å². The summed E-state index contributed by atoms with van der Waals surface area (Å²) in [6.45, 7) is 2.12. The van der Waals surface area contributed by atoms with Crippen LogP contribution in [0, 0.1) is 0 Å². The summed E-state index contributed by atoms with van der Waals surface area (Å²) in [6.07, 6.45) is 0. The van der Waals surface area contributed by atoms with E-state index in [2.05, 4.69) is 4.89 Å². The Morgan fingerprint density at radius 2 is 1.80 bits per heavy atom. The fourth-order valence-electron chi connectivity index (χ4n) is 1.52. The number of fused-ring (bicyclic) bond motifs is 2. The van der Waals surface area contributed by atoms with Gasteiger partial charge in [0.1, 0.15) is 17.1 Å². The Labute approximate surface area is 116 Å². The lowest BCUT2D eigenvalue weighted by atomic mass is 10.2. The van der Waals surface area contributed by atoms with Gasteiger partial charge in [-0.15, -0.1) is 0 Å². The van der Waals surface area contributed by atoms with Gasteiger partial charge in [0.25, 0.3) is 0 Å². The largest absolute Gasteiger partial charge is 0.478 e. The first-order valence-electron chi connectivity index (χ1n) is 6.10. The molecule has 5 nitrogen and oxygen atoms in total. The number of carbonyl (C=O) groups is 1.